The fourth-order valence-corrected chi connectivity index (χ4v) is 1.15. The van der Waals surface area contributed by atoms with Crippen molar-refractivity contribution in [2.75, 3.05) is 0 Å². The molecule has 0 radical (unpaired) electrons. The van der Waals surface area contributed by atoms with Crippen LogP contribution in [0.2, 0.25) is 0 Å². The average molecular weight is 227 g/mol. The quantitative estimate of drug-likeness (QED) is 0.611. The molecule has 1 rings (SSSR count). The summed E-state index contributed by atoms with van der Waals surface area (Å²) in [7, 11) is 1.64. The highest BCUT2D eigenvalue weighted by Gasteiger charge is 2.25. The van der Waals surface area contributed by atoms with Crippen molar-refractivity contribution in [3.8, 4) is 0 Å². The highest BCUT2D eigenvalue weighted by atomic mass is 16.4. The van der Waals surface area contributed by atoms with Gasteiger partial charge in [-0.1, -0.05) is 0 Å². The summed E-state index contributed by atoms with van der Waals surface area (Å²) in [4.78, 5) is 22.3. The van der Waals surface area contributed by atoms with Gasteiger partial charge >= 0.3 is 5.97 Å². The van der Waals surface area contributed by atoms with Crippen LogP contribution in [0.5, 0.6) is 0 Å². The lowest BCUT2D eigenvalue weighted by molar-refractivity contribution is -0.141. The Balaban J connectivity index is 2.73. The fraction of sp³-hybridized carbons (Fsp3) is 0.444. The van der Waals surface area contributed by atoms with Gasteiger partial charge in [0.2, 0.25) is 0 Å². The van der Waals surface area contributed by atoms with E-state index in [9.17, 15) is 9.59 Å². The second-order valence-corrected chi connectivity index (χ2v) is 3.43. The van der Waals surface area contributed by atoms with E-state index in [1.807, 2.05) is 0 Å². The molecule has 0 bridgehead atoms. The molecule has 16 heavy (non-hydrogen) atoms. The minimum absolute atomic E-state index is 0.245. The molecular weight excluding hydrogens is 214 g/mol. The molecule has 0 aromatic carbocycles. The van der Waals surface area contributed by atoms with Crippen LogP contribution in [-0.2, 0) is 11.8 Å². The lowest BCUT2D eigenvalue weighted by Gasteiger charge is -2.16. The zero-order valence-electron chi connectivity index (χ0n) is 8.91. The minimum atomic E-state index is -1.33. The third kappa shape index (κ3) is 2.80. The molecule has 0 saturated carbocycles. The summed E-state index contributed by atoms with van der Waals surface area (Å²) in [6.07, 6.45) is 1.60. The van der Waals surface area contributed by atoms with Crippen LogP contribution in [-0.4, -0.2) is 44.0 Å². The molecule has 0 aliphatic heterocycles. The predicted octanol–water partition coefficient (Wildman–Crippen LogP) is -1.02. The molecule has 0 fully saturated rings. The number of aliphatic hydroxyl groups excluding tert-OH is 1. The molecule has 3 N–H and O–H groups in total. The van der Waals surface area contributed by atoms with Crippen LogP contribution in [0.3, 0.4) is 0 Å². The first-order valence-corrected chi connectivity index (χ1v) is 4.62. The van der Waals surface area contributed by atoms with Crippen molar-refractivity contribution in [1.29, 1.82) is 0 Å². The molecule has 2 atom stereocenters. The summed E-state index contributed by atoms with van der Waals surface area (Å²) in [5.74, 6) is -1.87. The van der Waals surface area contributed by atoms with E-state index in [2.05, 4.69) is 10.4 Å². The number of amides is 1. The lowest BCUT2D eigenvalue weighted by Crippen LogP contribution is -2.47. The number of carboxylic acid groups (broad SMARTS) is 1. The highest BCUT2D eigenvalue weighted by Crippen LogP contribution is 1.99. The number of aromatic nitrogens is 2. The Kier molecular flexibility index (Phi) is 3.62. The minimum Gasteiger partial charge on any atom is -0.480 e. The van der Waals surface area contributed by atoms with Crippen LogP contribution >= 0.6 is 0 Å². The zero-order chi connectivity index (χ0) is 12.3. The van der Waals surface area contributed by atoms with Crippen molar-refractivity contribution >= 4 is 11.9 Å². The maximum Gasteiger partial charge on any atom is 0.328 e. The van der Waals surface area contributed by atoms with E-state index in [0.717, 1.165) is 0 Å². The van der Waals surface area contributed by atoms with E-state index >= 15 is 0 Å². The largest absolute Gasteiger partial charge is 0.480 e. The highest BCUT2D eigenvalue weighted by molar-refractivity contribution is 5.96. The first-order chi connectivity index (χ1) is 7.41. The summed E-state index contributed by atoms with van der Waals surface area (Å²) in [6.45, 7) is 1.29. The van der Waals surface area contributed by atoms with Crippen LogP contribution in [0.4, 0.5) is 0 Å². The molecule has 0 saturated heterocycles. The van der Waals surface area contributed by atoms with Gasteiger partial charge in [0.1, 0.15) is 0 Å². The first kappa shape index (κ1) is 12.2. The van der Waals surface area contributed by atoms with E-state index in [0.29, 0.717) is 0 Å². The van der Waals surface area contributed by atoms with Crippen LogP contribution in [0.1, 0.15) is 17.3 Å². The van der Waals surface area contributed by atoms with E-state index in [1.165, 1.54) is 24.0 Å². The molecule has 1 amide bonds. The van der Waals surface area contributed by atoms with Gasteiger partial charge in [-0.3, -0.25) is 9.48 Å². The lowest BCUT2D eigenvalue weighted by atomic mass is 10.2. The molecule has 0 aliphatic carbocycles. The summed E-state index contributed by atoms with van der Waals surface area (Å²) in [5, 5.41) is 23.9. The number of carbonyl (C=O) groups is 2. The molecule has 0 aliphatic rings. The Labute approximate surface area is 91.7 Å². The average Bonchev–Trinajstić information content (AvgIpc) is 2.59. The van der Waals surface area contributed by atoms with Gasteiger partial charge in [-0.05, 0) is 6.92 Å². The SMILES string of the molecule is C[C@@H](O)[C@H](NC(=O)c1cnn(C)c1)C(=O)O. The smallest absolute Gasteiger partial charge is 0.328 e. The van der Waals surface area contributed by atoms with Gasteiger partial charge in [0.15, 0.2) is 6.04 Å². The molecule has 0 unspecified atom stereocenters. The summed E-state index contributed by atoms with van der Waals surface area (Å²) in [6, 6.07) is -1.33. The Morgan fingerprint density at radius 1 is 1.56 bits per heavy atom. The Morgan fingerprint density at radius 2 is 2.19 bits per heavy atom. The zero-order valence-corrected chi connectivity index (χ0v) is 8.91. The number of aryl methyl sites for hydroxylation is 1. The predicted molar refractivity (Wildman–Crippen MR) is 53.8 cm³/mol. The van der Waals surface area contributed by atoms with Crippen molar-refractivity contribution in [2.24, 2.45) is 7.05 Å². The van der Waals surface area contributed by atoms with Crippen molar-refractivity contribution in [3.05, 3.63) is 18.0 Å². The number of aliphatic hydroxyl groups is 1. The summed E-state index contributed by atoms with van der Waals surface area (Å²) in [5.41, 5.74) is 0.245. The third-order valence-corrected chi connectivity index (χ3v) is 2.00. The summed E-state index contributed by atoms with van der Waals surface area (Å²) < 4.78 is 1.42. The first-order valence-electron chi connectivity index (χ1n) is 4.62. The second kappa shape index (κ2) is 4.75. The number of hydrogen-bond donors (Lipinski definition) is 3. The number of nitrogens with one attached hydrogen (secondary N) is 1. The maximum absolute atomic E-state index is 11.5. The van der Waals surface area contributed by atoms with Gasteiger partial charge in [0.25, 0.3) is 5.91 Å². The molecule has 1 aromatic heterocycles. The molecule has 7 nitrogen and oxygen atoms in total. The molecule has 7 heteroatoms. The molecule has 1 heterocycles. The Hall–Kier alpha value is -1.89. The third-order valence-electron chi connectivity index (χ3n) is 2.00. The summed E-state index contributed by atoms with van der Waals surface area (Å²) >= 11 is 0. The van der Waals surface area contributed by atoms with Gasteiger partial charge < -0.3 is 15.5 Å². The van der Waals surface area contributed by atoms with Gasteiger partial charge in [0.05, 0.1) is 17.9 Å². The molecule has 0 spiro atoms. The normalized spacial score (nSPS) is 14.2. The van der Waals surface area contributed by atoms with E-state index < -0.39 is 24.0 Å². The van der Waals surface area contributed by atoms with Crippen molar-refractivity contribution in [1.82, 2.24) is 15.1 Å². The topological polar surface area (TPSA) is 104 Å². The van der Waals surface area contributed by atoms with Gasteiger partial charge in [-0.2, -0.15) is 5.10 Å². The standard InChI is InChI=1S/C9H13N3O4/c1-5(13)7(9(15)16)11-8(14)6-3-10-12(2)4-6/h3-5,7,13H,1-2H3,(H,11,14)(H,15,16)/t5-,7+/m1/s1. The fourth-order valence-electron chi connectivity index (χ4n) is 1.15. The molecular formula is C9H13N3O4. The maximum atomic E-state index is 11.5. The Bertz CT molecular complexity index is 399. The Morgan fingerprint density at radius 3 is 2.56 bits per heavy atom. The van der Waals surface area contributed by atoms with E-state index in [1.54, 1.807) is 7.05 Å². The number of rotatable bonds is 4. The number of carboxylic acids is 1. The number of nitrogens with zero attached hydrogens (tertiary/aromatic N) is 2. The van der Waals surface area contributed by atoms with Crippen molar-refractivity contribution < 1.29 is 19.8 Å². The second-order valence-electron chi connectivity index (χ2n) is 3.43. The molecule has 88 valence electrons. The van der Waals surface area contributed by atoms with Crippen LogP contribution in [0.15, 0.2) is 12.4 Å². The van der Waals surface area contributed by atoms with Crippen LogP contribution in [0, 0.1) is 0 Å². The van der Waals surface area contributed by atoms with Crippen LogP contribution < -0.4 is 5.32 Å². The van der Waals surface area contributed by atoms with E-state index in [-0.39, 0.29) is 5.56 Å². The monoisotopic (exact) mass is 227 g/mol. The number of hydrogen-bond acceptors (Lipinski definition) is 4. The van der Waals surface area contributed by atoms with Gasteiger partial charge in [0, 0.05) is 13.2 Å². The number of carbonyl (C=O) groups excluding carboxylic acids is 1. The van der Waals surface area contributed by atoms with Gasteiger partial charge in [-0.15, -0.1) is 0 Å². The number of aliphatic carboxylic acids is 1. The van der Waals surface area contributed by atoms with Gasteiger partial charge in [-0.25, -0.2) is 4.79 Å². The van der Waals surface area contributed by atoms with E-state index in [4.69, 9.17) is 10.2 Å². The van der Waals surface area contributed by atoms with Crippen molar-refractivity contribution in [2.45, 2.75) is 19.1 Å². The van der Waals surface area contributed by atoms with Crippen molar-refractivity contribution in [3.63, 3.8) is 0 Å². The van der Waals surface area contributed by atoms with Crippen LogP contribution in [0.25, 0.3) is 0 Å². The molecule has 1 aromatic rings.